The second-order valence-corrected chi connectivity index (χ2v) is 17.5. The predicted molar refractivity (Wildman–Crippen MR) is 184 cm³/mol. The lowest BCUT2D eigenvalue weighted by Crippen LogP contribution is -2.62. The summed E-state index contributed by atoms with van der Waals surface area (Å²) in [7, 11) is -2.09. The van der Waals surface area contributed by atoms with Crippen molar-refractivity contribution in [3.63, 3.8) is 0 Å². The summed E-state index contributed by atoms with van der Waals surface area (Å²) in [6.45, 7) is 4.25. The molecule has 2 heterocycles. The zero-order valence-corrected chi connectivity index (χ0v) is 29.3. The van der Waals surface area contributed by atoms with Crippen LogP contribution >= 0.6 is 11.8 Å². The molecule has 258 valence electrons. The van der Waals surface area contributed by atoms with Crippen LogP contribution in [0.4, 0.5) is 4.39 Å². The molecule has 4 aromatic rings. The van der Waals surface area contributed by atoms with E-state index in [9.17, 15) is 27.8 Å². The number of rotatable bonds is 6. The summed E-state index contributed by atoms with van der Waals surface area (Å²) >= 11 is 1.22. The minimum atomic E-state index is -3.89. The highest BCUT2D eigenvalue weighted by atomic mass is 32.2. The Morgan fingerprint density at radius 1 is 1.16 bits per heavy atom. The van der Waals surface area contributed by atoms with Crippen LogP contribution in [0.3, 0.4) is 0 Å². The number of aliphatic hydroxyl groups is 2. The number of hydrogen-bond acceptors (Lipinski definition) is 8. The number of benzene rings is 2. The number of nitrogens with zero attached hydrogens (tertiary/aromatic N) is 4. The number of Topliss-reactive ketones (excluding diaryl/α,β-unsaturated/α-hetero) is 1. The third-order valence-electron chi connectivity index (χ3n) is 12.6. The summed E-state index contributed by atoms with van der Waals surface area (Å²) in [5, 5.41) is 34.8. The first-order valence-electron chi connectivity index (χ1n) is 16.7. The van der Waals surface area contributed by atoms with Crippen molar-refractivity contribution in [2.45, 2.75) is 74.1 Å². The topological polar surface area (TPSA) is 153 Å². The number of nitrogens with two attached hydrogens (primary N) is 1. The normalized spacial score (nSPS) is 32.3. The van der Waals surface area contributed by atoms with Crippen molar-refractivity contribution in [3.05, 3.63) is 71.3 Å². The van der Waals surface area contributed by atoms with Gasteiger partial charge in [-0.15, -0.1) is 0 Å². The van der Waals surface area contributed by atoms with E-state index in [4.69, 9.17) is 5.14 Å². The van der Waals surface area contributed by atoms with Crippen LogP contribution in [0, 0.1) is 34.4 Å². The van der Waals surface area contributed by atoms with E-state index < -0.39 is 27.1 Å². The molecule has 2 aromatic heterocycles. The maximum atomic E-state index is 14.0. The molecular weight excluding hydrogens is 666 g/mol. The Kier molecular flexibility index (Phi) is 7.41. The second-order valence-electron chi connectivity index (χ2n) is 15.0. The van der Waals surface area contributed by atoms with E-state index in [1.165, 1.54) is 41.6 Å². The second kappa shape index (κ2) is 11.1. The third-order valence-corrected chi connectivity index (χ3v) is 14.5. The van der Waals surface area contributed by atoms with Gasteiger partial charge in [-0.3, -0.25) is 4.79 Å². The molecule has 0 spiro atoms. The van der Waals surface area contributed by atoms with Crippen molar-refractivity contribution in [1.82, 2.24) is 19.3 Å². The van der Waals surface area contributed by atoms with Crippen LogP contribution in [-0.4, -0.2) is 61.2 Å². The molecule has 3 fully saturated rings. The number of hydrogen-bond donors (Lipinski definition) is 3. The summed E-state index contributed by atoms with van der Waals surface area (Å²) in [5.74, 6) is -0.379. The molecule has 0 radical (unpaired) electrons. The minimum Gasteiger partial charge on any atom is -0.393 e. The number of primary sulfonamides is 1. The van der Waals surface area contributed by atoms with E-state index in [2.05, 4.69) is 23.1 Å². The average molecular weight is 706 g/mol. The van der Waals surface area contributed by atoms with E-state index in [0.29, 0.717) is 35.5 Å². The van der Waals surface area contributed by atoms with Gasteiger partial charge in [0.05, 0.1) is 45.4 Å². The lowest BCUT2D eigenvalue weighted by Gasteiger charge is -2.60. The van der Waals surface area contributed by atoms with Gasteiger partial charge < -0.3 is 14.8 Å². The Morgan fingerprint density at radius 2 is 1.92 bits per heavy atom. The van der Waals surface area contributed by atoms with E-state index >= 15 is 0 Å². The van der Waals surface area contributed by atoms with Gasteiger partial charge in [-0.25, -0.2) is 27.6 Å². The minimum absolute atomic E-state index is 0.00632. The van der Waals surface area contributed by atoms with Crippen LogP contribution in [0.5, 0.6) is 0 Å². The lowest BCUT2D eigenvalue weighted by atomic mass is 9.45. The number of halogens is 1. The molecule has 7 unspecified atom stereocenters. The molecule has 3 saturated carbocycles. The largest absolute Gasteiger partial charge is 0.393 e. The van der Waals surface area contributed by atoms with E-state index in [-0.39, 0.29) is 45.4 Å². The van der Waals surface area contributed by atoms with E-state index in [0.717, 1.165) is 36.2 Å². The fraction of sp³-hybridized carbons (Fsp3) is 0.472. The summed E-state index contributed by atoms with van der Waals surface area (Å²) in [5.41, 5.74) is 2.66. The summed E-state index contributed by atoms with van der Waals surface area (Å²) in [6.07, 6.45) is 7.23. The van der Waals surface area contributed by atoms with Crippen LogP contribution in [-0.2, 0) is 28.3 Å². The molecule has 8 rings (SSSR count). The number of sulfonamides is 1. The molecule has 4 N–H and O–H groups in total. The molecule has 13 heteroatoms. The first-order valence-corrected chi connectivity index (χ1v) is 19.3. The van der Waals surface area contributed by atoms with Crippen LogP contribution in [0.1, 0.15) is 57.2 Å². The van der Waals surface area contributed by atoms with Gasteiger partial charge in [0.25, 0.3) is 0 Å². The van der Waals surface area contributed by atoms with Gasteiger partial charge in [0.1, 0.15) is 11.4 Å². The SMILES string of the molecule is Cn1c(SCC(=O)C2(O)CCC3C4CCC5=Cc6c(cnn6-c6ccc(F)cc6)CC5(C)C4C(O)CC32C)nc2cc(S(N)(=O)=O)ccc21. The summed E-state index contributed by atoms with van der Waals surface area (Å²) in [4.78, 5) is 18.5. The zero-order chi connectivity index (χ0) is 34.7. The third kappa shape index (κ3) is 4.83. The number of fused-ring (bicyclic) bond motifs is 7. The average Bonchev–Trinajstić information content (AvgIpc) is 3.68. The predicted octanol–water partition coefficient (Wildman–Crippen LogP) is 4.79. The fourth-order valence-corrected chi connectivity index (χ4v) is 11.6. The molecule has 4 aliphatic rings. The smallest absolute Gasteiger partial charge is 0.238 e. The van der Waals surface area contributed by atoms with Crippen LogP contribution in [0.2, 0.25) is 0 Å². The number of aryl methyl sites for hydroxylation is 1. The first-order chi connectivity index (χ1) is 23.1. The van der Waals surface area contributed by atoms with E-state index in [1.807, 2.05) is 17.8 Å². The monoisotopic (exact) mass is 705 g/mol. The number of thioether (sulfide) groups is 1. The molecule has 0 saturated heterocycles. The van der Waals surface area contributed by atoms with Gasteiger partial charge >= 0.3 is 0 Å². The molecule has 2 aromatic carbocycles. The summed E-state index contributed by atoms with van der Waals surface area (Å²) < 4.78 is 41.0. The molecule has 0 amide bonds. The van der Waals surface area contributed by atoms with Gasteiger partial charge in [-0.05, 0) is 116 Å². The molecule has 49 heavy (non-hydrogen) atoms. The van der Waals surface area contributed by atoms with Crippen LogP contribution < -0.4 is 5.14 Å². The lowest BCUT2D eigenvalue weighted by molar-refractivity contribution is -0.177. The van der Waals surface area contributed by atoms with Crippen molar-refractivity contribution < 1.29 is 27.8 Å². The van der Waals surface area contributed by atoms with Gasteiger partial charge in [0.15, 0.2) is 10.9 Å². The van der Waals surface area contributed by atoms with Gasteiger partial charge in [-0.2, -0.15) is 5.10 Å². The van der Waals surface area contributed by atoms with E-state index in [1.54, 1.807) is 29.8 Å². The number of imidazole rings is 1. The van der Waals surface area contributed by atoms with Crippen LogP contribution in [0.15, 0.2) is 64.3 Å². The fourth-order valence-electron chi connectivity index (χ4n) is 10.1. The molecular formula is C36H40FN5O5S2. The standard InChI is InChI=1S/C36H40FN5O5S2/c1-34-16-20-18-39-42(23-7-5-22(37)6-8-23)29(20)14-21(34)4-10-25-26-12-13-36(45,35(26,2)17-30(43)32(25)34)31(44)19-48-33-40-27-15-24(49(38,46)47)9-11-28(27)41(33)3/h5-9,11,14-15,18,25-26,30,32,43,45H,4,10,12-13,16-17,19H2,1-3H3,(H2,38,46,47). The number of carbonyl (C=O) groups is 1. The number of carbonyl (C=O) groups excluding carboxylic acids is 1. The van der Waals surface area contributed by atoms with Crippen molar-refractivity contribution in [3.8, 4) is 5.69 Å². The molecule has 0 bridgehead atoms. The molecule has 10 nitrogen and oxygen atoms in total. The first kappa shape index (κ1) is 32.8. The van der Waals surface area contributed by atoms with Crippen molar-refractivity contribution in [2.24, 2.45) is 40.8 Å². The summed E-state index contributed by atoms with van der Waals surface area (Å²) in [6, 6.07) is 10.8. The van der Waals surface area contributed by atoms with Gasteiger partial charge in [0, 0.05) is 12.5 Å². The van der Waals surface area contributed by atoms with Crippen molar-refractivity contribution >= 4 is 44.7 Å². The Bertz CT molecular complexity index is 2160. The highest BCUT2D eigenvalue weighted by Gasteiger charge is 2.68. The number of aromatic nitrogens is 4. The highest BCUT2D eigenvalue weighted by Crippen LogP contribution is 2.67. The molecule has 4 aliphatic carbocycles. The van der Waals surface area contributed by atoms with Crippen molar-refractivity contribution in [2.75, 3.05) is 5.75 Å². The maximum Gasteiger partial charge on any atom is 0.238 e. The van der Waals surface area contributed by atoms with Gasteiger partial charge in [-0.1, -0.05) is 31.2 Å². The Labute approximate surface area is 288 Å². The zero-order valence-electron chi connectivity index (χ0n) is 27.6. The molecule has 0 aliphatic heterocycles. The number of aliphatic hydroxyl groups excluding tert-OH is 1. The quantitative estimate of drug-likeness (QED) is 0.242. The van der Waals surface area contributed by atoms with Gasteiger partial charge in [0.2, 0.25) is 10.0 Å². The highest BCUT2D eigenvalue weighted by molar-refractivity contribution is 7.99. The number of allylic oxidation sites excluding steroid dienone is 1. The van der Waals surface area contributed by atoms with Crippen LogP contribution in [0.25, 0.3) is 22.8 Å². The number of ketones is 1. The maximum absolute atomic E-state index is 14.0. The Balaban J connectivity index is 1.03. The Morgan fingerprint density at radius 3 is 2.65 bits per heavy atom. The molecule has 7 atom stereocenters. The Hall–Kier alpha value is -3.36. The van der Waals surface area contributed by atoms with Crippen molar-refractivity contribution in [1.29, 1.82) is 0 Å².